The molecular weight excluding hydrogens is 254 g/mol. The Kier molecular flexibility index (Phi) is 3.55. The van der Waals surface area contributed by atoms with E-state index in [0.29, 0.717) is 28.9 Å². The summed E-state index contributed by atoms with van der Waals surface area (Å²) in [4.78, 5) is 14.6. The van der Waals surface area contributed by atoms with E-state index in [-0.39, 0.29) is 5.91 Å². The predicted molar refractivity (Wildman–Crippen MR) is 76.3 cm³/mol. The van der Waals surface area contributed by atoms with Crippen LogP contribution in [0.3, 0.4) is 0 Å². The Bertz CT molecular complexity index is 480. The van der Waals surface area contributed by atoms with Crippen molar-refractivity contribution >= 4 is 5.91 Å². The molecule has 108 valence electrons. The molecular formula is C16H21NO3. The fourth-order valence-electron chi connectivity index (χ4n) is 3.51. The van der Waals surface area contributed by atoms with E-state index in [2.05, 4.69) is 0 Å². The summed E-state index contributed by atoms with van der Waals surface area (Å²) < 4.78 is 10.5. The quantitative estimate of drug-likeness (QED) is 0.851. The largest absolute Gasteiger partial charge is 0.497 e. The zero-order chi connectivity index (χ0) is 14.1. The molecule has 1 aromatic carbocycles. The van der Waals surface area contributed by atoms with Gasteiger partial charge in [0.05, 0.1) is 14.2 Å². The van der Waals surface area contributed by atoms with Crippen LogP contribution in [0, 0.1) is 11.8 Å². The zero-order valence-electron chi connectivity index (χ0n) is 12.1. The molecule has 0 aromatic heterocycles. The summed E-state index contributed by atoms with van der Waals surface area (Å²) in [7, 11) is 3.20. The lowest BCUT2D eigenvalue weighted by Gasteiger charge is -2.18. The maximum Gasteiger partial charge on any atom is 0.254 e. The maximum atomic E-state index is 12.6. The van der Waals surface area contributed by atoms with Gasteiger partial charge in [-0.05, 0) is 36.8 Å². The van der Waals surface area contributed by atoms with Gasteiger partial charge in [-0.25, -0.2) is 0 Å². The number of rotatable bonds is 3. The minimum atomic E-state index is 0.0941. The van der Waals surface area contributed by atoms with Crippen LogP contribution in [0.2, 0.25) is 0 Å². The zero-order valence-corrected chi connectivity index (χ0v) is 12.1. The van der Waals surface area contributed by atoms with E-state index >= 15 is 0 Å². The van der Waals surface area contributed by atoms with Gasteiger partial charge < -0.3 is 14.4 Å². The fraction of sp³-hybridized carbons (Fsp3) is 0.562. The molecule has 3 rings (SSSR count). The van der Waals surface area contributed by atoms with E-state index in [1.54, 1.807) is 32.4 Å². The Morgan fingerprint density at radius 3 is 2.10 bits per heavy atom. The molecule has 1 amide bonds. The number of nitrogens with zero attached hydrogens (tertiary/aromatic N) is 1. The van der Waals surface area contributed by atoms with Crippen molar-refractivity contribution in [2.45, 2.75) is 19.3 Å². The van der Waals surface area contributed by atoms with Crippen molar-refractivity contribution < 1.29 is 14.3 Å². The number of amides is 1. The summed E-state index contributed by atoms with van der Waals surface area (Å²) in [6, 6.07) is 5.37. The third kappa shape index (κ3) is 2.35. The molecule has 0 bridgehead atoms. The van der Waals surface area contributed by atoms with Crippen molar-refractivity contribution in [3.63, 3.8) is 0 Å². The van der Waals surface area contributed by atoms with Gasteiger partial charge in [-0.15, -0.1) is 0 Å². The van der Waals surface area contributed by atoms with E-state index in [9.17, 15) is 4.79 Å². The number of carbonyl (C=O) groups excluding carboxylic acids is 1. The molecule has 2 atom stereocenters. The highest BCUT2D eigenvalue weighted by Crippen LogP contribution is 2.38. The summed E-state index contributed by atoms with van der Waals surface area (Å²) in [5, 5.41) is 0. The lowest BCUT2D eigenvalue weighted by Crippen LogP contribution is -2.29. The average molecular weight is 275 g/mol. The number of ether oxygens (including phenoxy) is 2. The highest BCUT2D eigenvalue weighted by molar-refractivity contribution is 5.95. The van der Waals surface area contributed by atoms with Crippen molar-refractivity contribution in [1.82, 2.24) is 4.90 Å². The van der Waals surface area contributed by atoms with Gasteiger partial charge in [-0.1, -0.05) is 6.42 Å². The average Bonchev–Trinajstić information content (AvgIpc) is 3.07. The molecule has 0 N–H and O–H groups in total. The Balaban J connectivity index is 1.80. The van der Waals surface area contributed by atoms with Crippen LogP contribution >= 0.6 is 0 Å². The molecule has 1 aliphatic heterocycles. The van der Waals surface area contributed by atoms with Crippen LogP contribution in [-0.2, 0) is 0 Å². The van der Waals surface area contributed by atoms with Gasteiger partial charge in [-0.3, -0.25) is 4.79 Å². The van der Waals surface area contributed by atoms with Gasteiger partial charge in [0, 0.05) is 24.7 Å². The molecule has 1 heterocycles. The monoisotopic (exact) mass is 275 g/mol. The Morgan fingerprint density at radius 1 is 1.05 bits per heavy atom. The third-order valence-corrected chi connectivity index (χ3v) is 4.61. The second kappa shape index (κ2) is 5.35. The third-order valence-electron chi connectivity index (χ3n) is 4.61. The van der Waals surface area contributed by atoms with Gasteiger partial charge >= 0.3 is 0 Å². The van der Waals surface area contributed by atoms with E-state index in [1.165, 1.54) is 19.3 Å². The van der Waals surface area contributed by atoms with Crippen LogP contribution in [0.15, 0.2) is 18.2 Å². The number of hydrogen-bond donors (Lipinski definition) is 0. The molecule has 4 heteroatoms. The first-order valence-corrected chi connectivity index (χ1v) is 7.23. The van der Waals surface area contributed by atoms with E-state index in [4.69, 9.17) is 9.47 Å². The van der Waals surface area contributed by atoms with Crippen LogP contribution < -0.4 is 9.47 Å². The number of carbonyl (C=O) groups is 1. The second-order valence-electron chi connectivity index (χ2n) is 5.76. The van der Waals surface area contributed by atoms with Crippen LogP contribution in [0.25, 0.3) is 0 Å². The first-order chi connectivity index (χ1) is 9.71. The Labute approximate surface area is 119 Å². The predicted octanol–water partition coefficient (Wildman–Crippen LogP) is 2.58. The number of fused-ring (bicyclic) bond motifs is 1. The van der Waals surface area contributed by atoms with Gasteiger partial charge in [0.2, 0.25) is 0 Å². The molecule has 1 saturated carbocycles. The number of benzene rings is 1. The summed E-state index contributed by atoms with van der Waals surface area (Å²) >= 11 is 0. The lowest BCUT2D eigenvalue weighted by molar-refractivity contribution is 0.0780. The van der Waals surface area contributed by atoms with Crippen molar-refractivity contribution in [2.75, 3.05) is 27.3 Å². The minimum Gasteiger partial charge on any atom is -0.497 e. The number of likely N-dealkylation sites (tertiary alicyclic amines) is 1. The molecule has 1 aromatic rings. The second-order valence-corrected chi connectivity index (χ2v) is 5.76. The minimum absolute atomic E-state index is 0.0941. The number of methoxy groups -OCH3 is 2. The summed E-state index contributed by atoms with van der Waals surface area (Å²) in [5.74, 6) is 2.84. The smallest absolute Gasteiger partial charge is 0.254 e. The van der Waals surface area contributed by atoms with E-state index in [1.807, 2.05) is 4.90 Å². The first-order valence-electron chi connectivity index (χ1n) is 7.23. The van der Waals surface area contributed by atoms with Gasteiger partial charge in [0.1, 0.15) is 11.5 Å². The standard InChI is InChI=1S/C16H21NO3/c1-19-14-6-13(7-15(8-14)20-2)16(18)17-9-11-4-3-5-12(11)10-17/h6-8,11-12H,3-5,9-10H2,1-2H3. The lowest BCUT2D eigenvalue weighted by atomic mass is 10.0. The van der Waals surface area contributed by atoms with Gasteiger partial charge in [0.25, 0.3) is 5.91 Å². The van der Waals surface area contributed by atoms with Crippen molar-refractivity contribution in [1.29, 1.82) is 0 Å². The molecule has 0 spiro atoms. The highest BCUT2D eigenvalue weighted by Gasteiger charge is 2.38. The fourth-order valence-corrected chi connectivity index (χ4v) is 3.51. The molecule has 2 unspecified atom stereocenters. The molecule has 1 aliphatic carbocycles. The molecule has 0 radical (unpaired) electrons. The van der Waals surface area contributed by atoms with Gasteiger partial charge in [0.15, 0.2) is 0 Å². The highest BCUT2D eigenvalue weighted by atomic mass is 16.5. The van der Waals surface area contributed by atoms with Crippen LogP contribution in [0.1, 0.15) is 29.6 Å². The Morgan fingerprint density at radius 2 is 1.60 bits per heavy atom. The number of hydrogen-bond acceptors (Lipinski definition) is 3. The van der Waals surface area contributed by atoms with Crippen LogP contribution in [-0.4, -0.2) is 38.1 Å². The maximum absolute atomic E-state index is 12.6. The summed E-state index contributed by atoms with van der Waals surface area (Å²) in [5.41, 5.74) is 0.654. The van der Waals surface area contributed by atoms with E-state index < -0.39 is 0 Å². The van der Waals surface area contributed by atoms with Crippen molar-refractivity contribution in [3.05, 3.63) is 23.8 Å². The molecule has 4 nitrogen and oxygen atoms in total. The van der Waals surface area contributed by atoms with Crippen molar-refractivity contribution in [3.8, 4) is 11.5 Å². The van der Waals surface area contributed by atoms with Gasteiger partial charge in [-0.2, -0.15) is 0 Å². The normalized spacial score (nSPS) is 24.6. The summed E-state index contributed by atoms with van der Waals surface area (Å²) in [6.45, 7) is 1.81. The molecule has 2 fully saturated rings. The summed E-state index contributed by atoms with van der Waals surface area (Å²) in [6.07, 6.45) is 3.87. The van der Waals surface area contributed by atoms with Crippen LogP contribution in [0.4, 0.5) is 0 Å². The van der Waals surface area contributed by atoms with Crippen LogP contribution in [0.5, 0.6) is 11.5 Å². The topological polar surface area (TPSA) is 38.8 Å². The molecule has 20 heavy (non-hydrogen) atoms. The Hall–Kier alpha value is -1.71. The van der Waals surface area contributed by atoms with Crippen molar-refractivity contribution in [2.24, 2.45) is 11.8 Å². The first kappa shape index (κ1) is 13.3. The SMILES string of the molecule is COc1cc(OC)cc(C(=O)N2CC3CCCC3C2)c1. The molecule has 2 aliphatic rings. The van der Waals surface area contributed by atoms with E-state index in [0.717, 1.165) is 13.1 Å². The molecule has 1 saturated heterocycles.